The molecule has 0 aromatic heterocycles. The summed E-state index contributed by atoms with van der Waals surface area (Å²) in [7, 11) is 0. The summed E-state index contributed by atoms with van der Waals surface area (Å²) in [5.41, 5.74) is 0.377. The molecule has 0 saturated heterocycles. The average Bonchev–Trinajstić information content (AvgIpc) is 2.69. The molecule has 3 N–H and O–H groups in total. The molecule has 0 fully saturated rings. The van der Waals surface area contributed by atoms with Gasteiger partial charge in [0.2, 0.25) is 0 Å². The van der Waals surface area contributed by atoms with Crippen LogP contribution in [0.4, 0.5) is 0 Å². The Bertz CT molecular complexity index is 939. The maximum atomic E-state index is 11.4. The molecule has 0 bridgehead atoms. The van der Waals surface area contributed by atoms with Crippen molar-refractivity contribution in [2.45, 2.75) is 0 Å². The fraction of sp³-hybridized carbons (Fsp3) is 0. The number of benzene rings is 3. The van der Waals surface area contributed by atoms with Gasteiger partial charge < -0.3 is 0 Å². The Morgan fingerprint density at radius 1 is 0.536 bits per heavy atom. The van der Waals surface area contributed by atoms with E-state index in [9.17, 15) is 29.7 Å². The van der Waals surface area contributed by atoms with Gasteiger partial charge in [0.1, 0.15) is 0 Å². The van der Waals surface area contributed by atoms with Crippen LogP contribution in [-0.2, 0) is 0 Å². The topological polar surface area (TPSA) is 112 Å². The molecule has 3 aromatic rings. The van der Waals surface area contributed by atoms with Gasteiger partial charge in [-0.3, -0.25) is 0 Å². The van der Waals surface area contributed by atoms with Crippen molar-refractivity contribution in [3.05, 3.63) is 89.5 Å². The predicted molar refractivity (Wildman–Crippen MR) is 105 cm³/mol. The molecular weight excluding hydrogens is 423 g/mol. The number of hydrogen-bond donors (Lipinski definition) is 3. The van der Waals surface area contributed by atoms with Crippen LogP contribution in [-0.4, -0.2) is 47.9 Å². The van der Waals surface area contributed by atoms with Crippen molar-refractivity contribution >= 4 is 45.6 Å². The van der Waals surface area contributed by atoms with E-state index in [1.54, 1.807) is 54.6 Å². The molecule has 0 aliphatic rings. The van der Waals surface area contributed by atoms with Crippen LogP contribution >= 0.6 is 0 Å². The zero-order chi connectivity index (χ0) is 20.3. The normalized spacial score (nSPS) is 10.6. The molecule has 0 amide bonds. The van der Waals surface area contributed by atoms with Gasteiger partial charge in [-0.05, 0) is 0 Å². The van der Waals surface area contributed by atoms with Crippen LogP contribution < -0.4 is 13.1 Å². The summed E-state index contributed by atoms with van der Waals surface area (Å²) < 4.78 is 2.28. The fourth-order valence-electron chi connectivity index (χ4n) is 2.78. The Balaban J connectivity index is 2.22. The van der Waals surface area contributed by atoms with Gasteiger partial charge in [0.05, 0.1) is 0 Å². The first-order chi connectivity index (χ1) is 13.4. The Morgan fingerprint density at radius 2 is 0.821 bits per heavy atom. The van der Waals surface area contributed by atoms with E-state index in [0.29, 0.717) is 0 Å². The molecule has 0 atom stereocenters. The van der Waals surface area contributed by atoms with E-state index in [-0.39, 0.29) is 16.7 Å². The van der Waals surface area contributed by atoms with Gasteiger partial charge in [-0.2, -0.15) is 0 Å². The van der Waals surface area contributed by atoms with Gasteiger partial charge >= 0.3 is 165 Å². The zero-order valence-corrected chi connectivity index (χ0v) is 16.3. The second-order valence-electron chi connectivity index (χ2n) is 5.90. The molecule has 0 heterocycles. The summed E-state index contributed by atoms with van der Waals surface area (Å²) in [6.45, 7) is 0. The third kappa shape index (κ3) is 4.13. The summed E-state index contributed by atoms with van der Waals surface area (Å²) in [6, 6.07) is 19.5. The molecule has 0 aliphatic heterocycles. The SMILES string of the molecule is O=C(O)c1cccc([As](c2cccc(C(=O)O)c2)c2cccc(C(=O)O)c2)c1. The third-order valence-electron chi connectivity index (χ3n) is 4.05. The van der Waals surface area contributed by atoms with E-state index in [1.807, 2.05) is 0 Å². The van der Waals surface area contributed by atoms with Crippen LogP contribution in [0.3, 0.4) is 0 Å². The van der Waals surface area contributed by atoms with E-state index in [1.165, 1.54) is 18.2 Å². The van der Waals surface area contributed by atoms with E-state index in [0.717, 1.165) is 13.1 Å². The summed E-state index contributed by atoms with van der Waals surface area (Å²) in [6.07, 6.45) is 0. The third-order valence-corrected chi connectivity index (χ3v) is 9.06. The van der Waals surface area contributed by atoms with Gasteiger partial charge in [0.15, 0.2) is 0 Å². The fourth-order valence-corrected chi connectivity index (χ4v) is 7.83. The Labute approximate surface area is 165 Å². The number of carboxylic acid groups (broad SMARTS) is 3. The molecule has 3 rings (SSSR count). The number of carboxylic acids is 3. The van der Waals surface area contributed by atoms with Crippen molar-refractivity contribution in [3.63, 3.8) is 0 Å². The van der Waals surface area contributed by atoms with E-state index in [4.69, 9.17) is 0 Å². The molecule has 3 aromatic carbocycles. The summed E-state index contributed by atoms with van der Waals surface area (Å²) >= 11 is -2.40. The summed E-state index contributed by atoms with van der Waals surface area (Å²) in [4.78, 5) is 34.2. The molecule has 0 unspecified atom stereocenters. The molecule has 0 radical (unpaired) electrons. The van der Waals surface area contributed by atoms with Crippen LogP contribution in [0.25, 0.3) is 0 Å². The van der Waals surface area contributed by atoms with Crippen molar-refractivity contribution < 1.29 is 29.7 Å². The molecule has 140 valence electrons. The minimum absolute atomic E-state index is 0.126. The Kier molecular flexibility index (Phi) is 5.62. The van der Waals surface area contributed by atoms with Gasteiger partial charge in [0.25, 0.3) is 0 Å². The predicted octanol–water partition coefficient (Wildman–Crippen LogP) is 1.30. The summed E-state index contributed by atoms with van der Waals surface area (Å²) in [5, 5.41) is 28.0. The Hall–Kier alpha value is -3.37. The molecule has 6 nitrogen and oxygen atoms in total. The van der Waals surface area contributed by atoms with Crippen LogP contribution in [0.5, 0.6) is 0 Å². The van der Waals surface area contributed by atoms with Crippen LogP contribution in [0.1, 0.15) is 31.1 Å². The van der Waals surface area contributed by atoms with Gasteiger partial charge in [-0.1, -0.05) is 0 Å². The van der Waals surface area contributed by atoms with Gasteiger partial charge in [-0.25, -0.2) is 0 Å². The molecule has 0 aliphatic carbocycles. The van der Waals surface area contributed by atoms with E-state index in [2.05, 4.69) is 0 Å². The first-order valence-corrected chi connectivity index (χ1v) is 11.0. The monoisotopic (exact) mass is 438 g/mol. The maximum absolute atomic E-state index is 11.4. The number of rotatable bonds is 6. The standard InChI is InChI=1S/C21H15AsO6/c23-19(24)13-4-1-7-16(10-13)22(17-8-2-5-14(11-17)20(25)26)18-9-3-6-15(12-18)21(27)28/h1-12H,(H,23,24)(H,25,26)(H,27,28). The Morgan fingerprint density at radius 3 is 1.07 bits per heavy atom. The van der Waals surface area contributed by atoms with Gasteiger partial charge in [0, 0.05) is 0 Å². The van der Waals surface area contributed by atoms with Crippen molar-refractivity contribution in [2.24, 2.45) is 0 Å². The first-order valence-electron chi connectivity index (χ1n) is 8.17. The summed E-state index contributed by atoms with van der Waals surface area (Å²) in [5.74, 6) is -3.18. The number of aromatic carboxylic acids is 3. The molecular formula is C21H15AsO6. The molecule has 28 heavy (non-hydrogen) atoms. The van der Waals surface area contributed by atoms with Gasteiger partial charge in [-0.15, -0.1) is 0 Å². The number of hydrogen-bond acceptors (Lipinski definition) is 3. The van der Waals surface area contributed by atoms with Crippen LogP contribution in [0, 0.1) is 0 Å². The molecule has 0 spiro atoms. The average molecular weight is 438 g/mol. The van der Waals surface area contributed by atoms with Crippen LogP contribution in [0.2, 0.25) is 0 Å². The van der Waals surface area contributed by atoms with Crippen molar-refractivity contribution in [1.82, 2.24) is 0 Å². The number of carbonyl (C=O) groups is 3. The minimum atomic E-state index is -2.40. The van der Waals surface area contributed by atoms with E-state index < -0.39 is 32.6 Å². The van der Waals surface area contributed by atoms with Crippen molar-refractivity contribution in [3.8, 4) is 0 Å². The van der Waals surface area contributed by atoms with E-state index >= 15 is 0 Å². The van der Waals surface area contributed by atoms with Crippen molar-refractivity contribution in [1.29, 1.82) is 0 Å². The molecule has 0 saturated carbocycles. The van der Waals surface area contributed by atoms with Crippen molar-refractivity contribution in [2.75, 3.05) is 0 Å². The molecule has 7 heteroatoms. The second-order valence-corrected chi connectivity index (χ2v) is 10.6. The first kappa shape index (κ1) is 19.4. The quantitative estimate of drug-likeness (QED) is 0.501. The zero-order valence-electron chi connectivity index (χ0n) is 14.4. The van der Waals surface area contributed by atoms with Crippen LogP contribution in [0.15, 0.2) is 72.8 Å². The second kappa shape index (κ2) is 8.11.